The predicted molar refractivity (Wildman–Crippen MR) is 68.5 cm³/mol. The second kappa shape index (κ2) is 6.48. The highest BCUT2D eigenvalue weighted by Crippen LogP contribution is 2.24. The van der Waals surface area contributed by atoms with Gasteiger partial charge >= 0.3 is 6.61 Å². The van der Waals surface area contributed by atoms with Gasteiger partial charge in [-0.3, -0.25) is 4.79 Å². The molecule has 2 nitrogen and oxygen atoms in total. The SMILES string of the molecule is O=C(CCBr)c1ccc(OC(F)F)c(I)c1. The molecule has 1 aromatic rings. The number of Topliss-reactive ketones (excluding diaryl/α,β-unsaturated/α-hetero) is 1. The molecule has 6 heteroatoms. The van der Waals surface area contributed by atoms with Crippen LogP contribution in [0.5, 0.6) is 5.75 Å². The summed E-state index contributed by atoms with van der Waals surface area (Å²) in [7, 11) is 0. The Morgan fingerprint density at radius 2 is 2.19 bits per heavy atom. The van der Waals surface area contributed by atoms with Crippen LogP contribution in [0.4, 0.5) is 8.78 Å². The van der Waals surface area contributed by atoms with Gasteiger partial charge in [0.1, 0.15) is 5.75 Å². The Balaban J connectivity index is 2.86. The molecule has 0 fully saturated rings. The van der Waals surface area contributed by atoms with Crippen LogP contribution in [0.2, 0.25) is 0 Å². The minimum atomic E-state index is -2.85. The van der Waals surface area contributed by atoms with Crippen molar-refractivity contribution in [1.82, 2.24) is 0 Å². The monoisotopic (exact) mass is 404 g/mol. The molecule has 0 aromatic heterocycles. The van der Waals surface area contributed by atoms with Crippen molar-refractivity contribution >= 4 is 44.3 Å². The third kappa shape index (κ3) is 3.97. The fourth-order valence-corrected chi connectivity index (χ4v) is 2.10. The van der Waals surface area contributed by atoms with Crippen molar-refractivity contribution in [2.75, 3.05) is 5.33 Å². The Morgan fingerprint density at radius 1 is 1.50 bits per heavy atom. The summed E-state index contributed by atoms with van der Waals surface area (Å²) >= 11 is 5.03. The smallest absolute Gasteiger partial charge is 0.387 e. The molecule has 0 unspecified atom stereocenters. The average Bonchev–Trinajstić information content (AvgIpc) is 2.20. The normalized spacial score (nSPS) is 10.6. The lowest BCUT2D eigenvalue weighted by Gasteiger charge is -2.07. The predicted octanol–water partition coefficient (Wildman–Crippen LogP) is 3.86. The quantitative estimate of drug-likeness (QED) is 0.423. The minimum Gasteiger partial charge on any atom is -0.434 e. The van der Waals surface area contributed by atoms with Crippen LogP contribution in [0, 0.1) is 3.57 Å². The van der Waals surface area contributed by atoms with Gasteiger partial charge in [-0.2, -0.15) is 8.78 Å². The minimum absolute atomic E-state index is 0.0293. The van der Waals surface area contributed by atoms with Crippen molar-refractivity contribution in [3.05, 3.63) is 27.3 Å². The lowest BCUT2D eigenvalue weighted by molar-refractivity contribution is -0.0504. The summed E-state index contributed by atoms with van der Waals surface area (Å²) in [4.78, 5) is 11.5. The molecule has 0 N–H and O–H groups in total. The van der Waals surface area contributed by atoms with E-state index in [1.54, 1.807) is 6.07 Å². The first-order valence-electron chi connectivity index (χ1n) is 4.38. The molecular weight excluding hydrogens is 397 g/mol. The Labute approximate surface area is 114 Å². The second-order valence-electron chi connectivity index (χ2n) is 2.89. The molecular formula is C10H8BrF2IO2. The van der Waals surface area contributed by atoms with E-state index in [4.69, 9.17) is 0 Å². The molecule has 0 saturated heterocycles. The van der Waals surface area contributed by atoms with Gasteiger partial charge in [0.05, 0.1) is 3.57 Å². The van der Waals surface area contributed by atoms with Crippen LogP contribution in [0.3, 0.4) is 0 Å². The molecule has 0 aliphatic rings. The first-order chi connectivity index (χ1) is 7.54. The lowest BCUT2D eigenvalue weighted by Crippen LogP contribution is -2.05. The summed E-state index contributed by atoms with van der Waals surface area (Å²) in [6.07, 6.45) is 0.380. The third-order valence-corrected chi connectivity index (χ3v) is 3.03. The van der Waals surface area contributed by atoms with Gasteiger partial charge in [-0.1, -0.05) is 15.9 Å². The van der Waals surface area contributed by atoms with E-state index in [0.717, 1.165) is 0 Å². The largest absolute Gasteiger partial charge is 0.434 e. The van der Waals surface area contributed by atoms with Gasteiger partial charge < -0.3 is 4.74 Å². The molecule has 0 aliphatic carbocycles. The molecule has 0 saturated carbocycles. The molecule has 0 bridgehead atoms. The van der Waals surface area contributed by atoms with Crippen LogP contribution in [0.1, 0.15) is 16.8 Å². The molecule has 0 atom stereocenters. The number of benzene rings is 1. The van der Waals surface area contributed by atoms with Crippen LogP contribution >= 0.6 is 38.5 Å². The Hall–Kier alpha value is -0.240. The highest BCUT2D eigenvalue weighted by Gasteiger charge is 2.11. The molecule has 0 spiro atoms. The fraction of sp³-hybridized carbons (Fsp3) is 0.300. The van der Waals surface area contributed by atoms with E-state index in [9.17, 15) is 13.6 Å². The van der Waals surface area contributed by atoms with Gasteiger partial charge in [0, 0.05) is 17.3 Å². The summed E-state index contributed by atoms with van der Waals surface area (Å²) < 4.78 is 28.7. The maximum atomic E-state index is 12.0. The molecule has 0 aliphatic heterocycles. The standard InChI is InChI=1S/C10H8BrF2IO2/c11-4-3-8(15)6-1-2-9(7(14)5-6)16-10(12)13/h1-2,5,10H,3-4H2. The molecule has 0 amide bonds. The van der Waals surface area contributed by atoms with Crippen LogP contribution in [-0.2, 0) is 0 Å². The maximum Gasteiger partial charge on any atom is 0.387 e. The number of ether oxygens (including phenoxy) is 1. The summed E-state index contributed by atoms with van der Waals surface area (Å²) in [6, 6.07) is 4.42. The van der Waals surface area contributed by atoms with Crippen molar-refractivity contribution in [3.8, 4) is 5.75 Å². The Morgan fingerprint density at radius 3 is 2.69 bits per heavy atom. The average molecular weight is 405 g/mol. The first kappa shape index (κ1) is 13.8. The molecule has 0 radical (unpaired) electrons. The topological polar surface area (TPSA) is 26.3 Å². The molecule has 16 heavy (non-hydrogen) atoms. The van der Waals surface area contributed by atoms with Gasteiger partial charge in [0.2, 0.25) is 0 Å². The molecule has 0 heterocycles. The third-order valence-electron chi connectivity index (χ3n) is 1.79. The zero-order valence-corrected chi connectivity index (χ0v) is 11.8. The van der Waals surface area contributed by atoms with E-state index in [1.165, 1.54) is 12.1 Å². The number of hydrogen-bond donors (Lipinski definition) is 0. The second-order valence-corrected chi connectivity index (χ2v) is 4.84. The Bertz CT molecular complexity index is 385. The summed E-state index contributed by atoms with van der Waals surface area (Å²) in [5.41, 5.74) is 0.505. The summed E-state index contributed by atoms with van der Waals surface area (Å²) in [5, 5.41) is 0.581. The van der Waals surface area contributed by atoms with Crippen molar-refractivity contribution in [3.63, 3.8) is 0 Å². The first-order valence-corrected chi connectivity index (χ1v) is 6.58. The zero-order valence-electron chi connectivity index (χ0n) is 8.05. The van der Waals surface area contributed by atoms with Crippen LogP contribution in [-0.4, -0.2) is 17.7 Å². The highest BCUT2D eigenvalue weighted by atomic mass is 127. The number of rotatable bonds is 5. The zero-order chi connectivity index (χ0) is 12.1. The van der Waals surface area contributed by atoms with Gasteiger partial charge in [-0.25, -0.2) is 0 Å². The molecule has 88 valence electrons. The Kier molecular flexibility index (Phi) is 5.60. The fourth-order valence-electron chi connectivity index (χ4n) is 1.10. The van der Waals surface area contributed by atoms with E-state index < -0.39 is 6.61 Å². The van der Waals surface area contributed by atoms with Crippen molar-refractivity contribution < 1.29 is 18.3 Å². The van der Waals surface area contributed by atoms with Crippen LogP contribution in [0.25, 0.3) is 0 Å². The van der Waals surface area contributed by atoms with Gasteiger partial charge in [-0.05, 0) is 40.8 Å². The molecule has 1 rings (SSSR count). The summed E-state index contributed by atoms with van der Waals surface area (Å²) in [5.74, 6) is 0.0596. The lowest BCUT2D eigenvalue weighted by atomic mass is 10.1. The van der Waals surface area contributed by atoms with E-state index in [-0.39, 0.29) is 11.5 Å². The maximum absolute atomic E-state index is 12.0. The van der Waals surface area contributed by atoms with E-state index >= 15 is 0 Å². The number of ketones is 1. The van der Waals surface area contributed by atoms with Gasteiger partial charge in [0.15, 0.2) is 5.78 Å². The van der Waals surface area contributed by atoms with Crippen molar-refractivity contribution in [2.24, 2.45) is 0 Å². The van der Waals surface area contributed by atoms with Gasteiger partial charge in [0.25, 0.3) is 0 Å². The number of carbonyl (C=O) groups is 1. The number of alkyl halides is 3. The van der Waals surface area contributed by atoms with Crippen LogP contribution < -0.4 is 4.74 Å². The van der Waals surface area contributed by atoms with Crippen molar-refractivity contribution in [2.45, 2.75) is 13.0 Å². The number of carbonyl (C=O) groups excluding carboxylic acids is 1. The van der Waals surface area contributed by atoms with Gasteiger partial charge in [-0.15, -0.1) is 0 Å². The highest BCUT2D eigenvalue weighted by molar-refractivity contribution is 14.1. The molecule has 1 aromatic carbocycles. The van der Waals surface area contributed by atoms with E-state index in [2.05, 4.69) is 20.7 Å². The van der Waals surface area contributed by atoms with E-state index in [0.29, 0.717) is 20.9 Å². The van der Waals surface area contributed by atoms with E-state index in [1.807, 2.05) is 22.6 Å². The van der Waals surface area contributed by atoms with Crippen LogP contribution in [0.15, 0.2) is 18.2 Å². The van der Waals surface area contributed by atoms with Crippen molar-refractivity contribution in [1.29, 1.82) is 0 Å². The number of halogens is 4. The summed E-state index contributed by atoms with van der Waals surface area (Å²) in [6.45, 7) is -2.85. The number of hydrogen-bond acceptors (Lipinski definition) is 2.